The van der Waals surface area contributed by atoms with Gasteiger partial charge in [-0.15, -0.1) is 0 Å². The number of piperazine rings is 1. The van der Waals surface area contributed by atoms with Crippen molar-refractivity contribution in [3.63, 3.8) is 0 Å². The third kappa shape index (κ3) is 3.78. The number of piperidine rings is 1. The Hall–Kier alpha value is -3.26. The van der Waals surface area contributed by atoms with E-state index in [1.807, 2.05) is 35.2 Å². The van der Waals surface area contributed by atoms with Crippen LogP contribution in [0.3, 0.4) is 0 Å². The molecule has 4 aliphatic rings. The second kappa shape index (κ2) is 8.26. The Balaban J connectivity index is 1.10. The second-order valence-electron chi connectivity index (χ2n) is 9.18. The van der Waals surface area contributed by atoms with Gasteiger partial charge in [0.1, 0.15) is 6.04 Å². The normalized spacial score (nSPS) is 21.9. The molecule has 2 fully saturated rings. The van der Waals surface area contributed by atoms with Crippen LogP contribution in [0.4, 0.5) is 11.4 Å². The minimum atomic E-state index is -0.0781. The van der Waals surface area contributed by atoms with Crippen molar-refractivity contribution in [2.24, 2.45) is 0 Å². The number of fused-ring (bicyclic) bond motifs is 4. The van der Waals surface area contributed by atoms with Gasteiger partial charge >= 0.3 is 0 Å². The van der Waals surface area contributed by atoms with Crippen molar-refractivity contribution in [2.75, 3.05) is 49.7 Å². The molecule has 2 aromatic rings. The predicted octanol–water partition coefficient (Wildman–Crippen LogP) is 2.68. The van der Waals surface area contributed by atoms with Crippen LogP contribution in [0.1, 0.15) is 35.2 Å². The highest BCUT2D eigenvalue weighted by atomic mass is 16.7. The molecule has 1 atom stereocenters. The summed E-state index contributed by atoms with van der Waals surface area (Å²) in [5.74, 6) is 1.67. The van der Waals surface area contributed by atoms with Gasteiger partial charge < -0.3 is 24.6 Å². The number of hydrogen-bond donors (Lipinski definition) is 1. The van der Waals surface area contributed by atoms with Gasteiger partial charge in [0.25, 0.3) is 5.91 Å². The molecule has 0 aliphatic carbocycles. The van der Waals surface area contributed by atoms with Gasteiger partial charge in [-0.3, -0.25) is 14.5 Å². The van der Waals surface area contributed by atoms with Crippen LogP contribution in [0.2, 0.25) is 0 Å². The summed E-state index contributed by atoms with van der Waals surface area (Å²) in [7, 11) is 0. The Morgan fingerprint density at radius 3 is 2.70 bits per heavy atom. The molecule has 0 bridgehead atoms. The number of ether oxygens (including phenoxy) is 2. The molecule has 2 amide bonds. The van der Waals surface area contributed by atoms with Crippen LogP contribution < -0.4 is 19.7 Å². The van der Waals surface area contributed by atoms with Crippen molar-refractivity contribution in [3.8, 4) is 11.5 Å². The fraction of sp³-hybridized carbons (Fsp3) is 0.440. The first kappa shape index (κ1) is 20.4. The molecule has 1 N–H and O–H groups in total. The number of rotatable bonds is 3. The summed E-state index contributed by atoms with van der Waals surface area (Å²) in [6.07, 6.45) is 3.07. The van der Waals surface area contributed by atoms with Crippen LogP contribution in [-0.4, -0.2) is 67.2 Å². The molecule has 4 aliphatic heterocycles. The summed E-state index contributed by atoms with van der Waals surface area (Å²) < 4.78 is 10.9. The van der Waals surface area contributed by atoms with E-state index in [0.717, 1.165) is 68.3 Å². The fourth-order valence-electron chi connectivity index (χ4n) is 5.32. The molecule has 2 saturated heterocycles. The minimum Gasteiger partial charge on any atom is -0.454 e. The number of nitrogens with zero attached hydrogens (tertiary/aromatic N) is 3. The molecular weight excluding hydrogens is 420 g/mol. The van der Waals surface area contributed by atoms with Crippen LogP contribution in [0, 0.1) is 0 Å². The highest BCUT2D eigenvalue weighted by Crippen LogP contribution is 2.37. The SMILES string of the molecule is O=C1Nc2cc(C(=O)N3CCN(Cc4ccc5c(c4)OCO5)CC3)ccc2N2CCCCC12. The Labute approximate surface area is 193 Å². The van der Waals surface area contributed by atoms with Crippen LogP contribution in [0.25, 0.3) is 0 Å². The Bertz CT molecular complexity index is 1100. The van der Waals surface area contributed by atoms with Crippen molar-refractivity contribution >= 4 is 23.2 Å². The standard InChI is InChI=1S/C25H28N4O4/c30-24-21-3-1-2-8-29(21)20-6-5-18(14-19(20)26-24)25(31)28-11-9-27(10-12-28)15-17-4-7-22-23(13-17)33-16-32-22/h4-7,13-14,21H,1-3,8-12,15-16H2,(H,26,30). The number of hydrogen-bond acceptors (Lipinski definition) is 6. The van der Waals surface area contributed by atoms with Crippen molar-refractivity contribution in [1.29, 1.82) is 0 Å². The minimum absolute atomic E-state index is 0.0237. The monoisotopic (exact) mass is 448 g/mol. The predicted molar refractivity (Wildman–Crippen MR) is 124 cm³/mol. The highest BCUT2D eigenvalue weighted by molar-refractivity contribution is 6.05. The fourth-order valence-corrected chi connectivity index (χ4v) is 5.32. The number of amides is 2. The Morgan fingerprint density at radius 1 is 0.970 bits per heavy atom. The Morgan fingerprint density at radius 2 is 1.82 bits per heavy atom. The van der Waals surface area contributed by atoms with Gasteiger partial charge in [-0.25, -0.2) is 0 Å². The van der Waals surface area contributed by atoms with E-state index < -0.39 is 0 Å². The molecule has 0 aromatic heterocycles. The lowest BCUT2D eigenvalue weighted by molar-refractivity contribution is -0.118. The maximum Gasteiger partial charge on any atom is 0.254 e. The number of anilines is 2. The zero-order chi connectivity index (χ0) is 22.4. The maximum atomic E-state index is 13.2. The average molecular weight is 449 g/mol. The molecular formula is C25H28N4O4. The third-order valence-corrected chi connectivity index (χ3v) is 7.12. The lowest BCUT2D eigenvalue weighted by Crippen LogP contribution is -2.50. The summed E-state index contributed by atoms with van der Waals surface area (Å²) in [6.45, 7) is 4.99. The van der Waals surface area contributed by atoms with Gasteiger partial charge in [-0.05, 0) is 55.2 Å². The van der Waals surface area contributed by atoms with Crippen molar-refractivity contribution in [3.05, 3.63) is 47.5 Å². The number of nitrogens with one attached hydrogen (secondary N) is 1. The molecule has 6 rings (SSSR count). The summed E-state index contributed by atoms with van der Waals surface area (Å²) in [6, 6.07) is 11.7. The summed E-state index contributed by atoms with van der Waals surface area (Å²) in [5.41, 5.74) is 3.60. The highest BCUT2D eigenvalue weighted by Gasteiger charge is 2.35. The van der Waals surface area contributed by atoms with Gasteiger partial charge in [0.05, 0.1) is 11.4 Å². The Kier molecular flexibility index (Phi) is 5.10. The molecule has 8 heteroatoms. The molecule has 4 heterocycles. The molecule has 1 unspecified atom stereocenters. The molecule has 2 aromatic carbocycles. The van der Waals surface area contributed by atoms with E-state index >= 15 is 0 Å². The number of benzene rings is 2. The quantitative estimate of drug-likeness (QED) is 0.778. The van der Waals surface area contributed by atoms with E-state index in [-0.39, 0.29) is 24.6 Å². The van der Waals surface area contributed by atoms with E-state index in [4.69, 9.17) is 9.47 Å². The first-order valence-electron chi connectivity index (χ1n) is 11.8. The molecule has 33 heavy (non-hydrogen) atoms. The van der Waals surface area contributed by atoms with E-state index in [1.54, 1.807) is 0 Å². The zero-order valence-electron chi connectivity index (χ0n) is 18.6. The van der Waals surface area contributed by atoms with Gasteiger partial charge in [0.2, 0.25) is 12.7 Å². The maximum absolute atomic E-state index is 13.2. The summed E-state index contributed by atoms with van der Waals surface area (Å²) in [4.78, 5) is 32.2. The van der Waals surface area contributed by atoms with Gasteiger partial charge in [0.15, 0.2) is 11.5 Å². The molecule has 8 nitrogen and oxygen atoms in total. The number of carbonyl (C=O) groups is 2. The molecule has 172 valence electrons. The van der Waals surface area contributed by atoms with Crippen LogP contribution in [0.15, 0.2) is 36.4 Å². The first-order valence-corrected chi connectivity index (χ1v) is 11.8. The van der Waals surface area contributed by atoms with E-state index in [0.29, 0.717) is 18.7 Å². The van der Waals surface area contributed by atoms with Crippen LogP contribution in [-0.2, 0) is 11.3 Å². The second-order valence-corrected chi connectivity index (χ2v) is 9.18. The molecule has 0 saturated carbocycles. The lowest BCUT2D eigenvalue weighted by Gasteiger charge is -2.41. The van der Waals surface area contributed by atoms with Gasteiger partial charge in [0, 0.05) is 44.8 Å². The first-order chi connectivity index (χ1) is 16.2. The van der Waals surface area contributed by atoms with Gasteiger partial charge in [-0.1, -0.05) is 6.07 Å². The van der Waals surface area contributed by atoms with E-state index in [2.05, 4.69) is 21.2 Å². The number of carbonyl (C=O) groups excluding carboxylic acids is 2. The average Bonchev–Trinajstić information content (AvgIpc) is 3.32. The van der Waals surface area contributed by atoms with Gasteiger partial charge in [-0.2, -0.15) is 0 Å². The van der Waals surface area contributed by atoms with Crippen molar-refractivity contribution in [1.82, 2.24) is 9.80 Å². The van der Waals surface area contributed by atoms with E-state index in [9.17, 15) is 9.59 Å². The summed E-state index contributed by atoms with van der Waals surface area (Å²) >= 11 is 0. The van der Waals surface area contributed by atoms with Crippen molar-refractivity contribution in [2.45, 2.75) is 31.8 Å². The van der Waals surface area contributed by atoms with Crippen molar-refractivity contribution < 1.29 is 19.1 Å². The molecule has 0 radical (unpaired) electrons. The topological polar surface area (TPSA) is 74.4 Å². The van der Waals surface area contributed by atoms with E-state index in [1.165, 1.54) is 5.56 Å². The van der Waals surface area contributed by atoms with Crippen LogP contribution >= 0.6 is 0 Å². The largest absolute Gasteiger partial charge is 0.454 e. The summed E-state index contributed by atoms with van der Waals surface area (Å²) in [5, 5.41) is 3.03. The smallest absolute Gasteiger partial charge is 0.254 e. The zero-order valence-corrected chi connectivity index (χ0v) is 18.6. The third-order valence-electron chi connectivity index (χ3n) is 7.12. The lowest BCUT2D eigenvalue weighted by atomic mass is 9.96. The van der Waals surface area contributed by atoms with Crippen LogP contribution in [0.5, 0.6) is 11.5 Å². The molecule has 0 spiro atoms.